The normalized spacial score (nSPS) is 13.9. The van der Waals surface area contributed by atoms with Gasteiger partial charge in [0.2, 0.25) is 15.9 Å². The van der Waals surface area contributed by atoms with Crippen molar-refractivity contribution in [3.05, 3.63) is 58.6 Å². The summed E-state index contributed by atoms with van der Waals surface area (Å²) in [6.45, 7) is 2.58. The zero-order valence-electron chi connectivity index (χ0n) is 17.4. The smallest absolute Gasteiger partial charge is 0.244 e. The van der Waals surface area contributed by atoms with E-state index in [-0.39, 0.29) is 23.4 Å². The maximum atomic E-state index is 12.2. The molecule has 1 aliphatic carbocycles. The molecule has 0 bridgehead atoms. The van der Waals surface area contributed by atoms with Crippen molar-refractivity contribution in [3.63, 3.8) is 0 Å². The largest absolute Gasteiger partial charge is 0.493 e. The minimum Gasteiger partial charge on any atom is -0.493 e. The second kappa shape index (κ2) is 10.2. The van der Waals surface area contributed by atoms with Crippen LogP contribution in [0.2, 0.25) is 5.02 Å². The SMILES string of the molecule is CCOc1c(Cl)cc(C=CC(=O)NCc2ccc(S(=O)(=O)NC3CC3)cc2)cc1OC. The average molecular weight is 465 g/mol. The summed E-state index contributed by atoms with van der Waals surface area (Å²) in [7, 11) is -1.96. The molecule has 0 spiro atoms. The first kappa shape index (κ1) is 23.1. The van der Waals surface area contributed by atoms with Crippen molar-refractivity contribution < 1.29 is 22.7 Å². The molecule has 166 valence electrons. The second-order valence-corrected chi connectivity index (χ2v) is 9.18. The molecule has 0 saturated heterocycles. The van der Waals surface area contributed by atoms with Crippen LogP contribution in [0.3, 0.4) is 0 Å². The topological polar surface area (TPSA) is 93.7 Å². The van der Waals surface area contributed by atoms with E-state index in [1.165, 1.54) is 25.3 Å². The molecule has 1 saturated carbocycles. The highest BCUT2D eigenvalue weighted by molar-refractivity contribution is 7.89. The Balaban J connectivity index is 1.57. The van der Waals surface area contributed by atoms with Crippen LogP contribution < -0.4 is 19.5 Å². The lowest BCUT2D eigenvalue weighted by molar-refractivity contribution is -0.116. The number of rotatable bonds is 10. The third kappa shape index (κ3) is 6.46. The molecule has 2 aromatic rings. The van der Waals surface area contributed by atoms with Crippen LogP contribution in [0.5, 0.6) is 11.5 Å². The van der Waals surface area contributed by atoms with Crippen LogP contribution in [0.25, 0.3) is 6.08 Å². The number of ether oxygens (including phenoxy) is 2. The molecule has 1 amide bonds. The Morgan fingerprint density at radius 3 is 2.55 bits per heavy atom. The van der Waals surface area contributed by atoms with Crippen molar-refractivity contribution in [2.45, 2.75) is 37.2 Å². The summed E-state index contributed by atoms with van der Waals surface area (Å²) < 4.78 is 37.8. The fourth-order valence-corrected chi connectivity index (χ4v) is 4.39. The lowest BCUT2D eigenvalue weighted by Gasteiger charge is -2.11. The third-order valence-electron chi connectivity index (χ3n) is 4.57. The van der Waals surface area contributed by atoms with Gasteiger partial charge >= 0.3 is 0 Å². The van der Waals surface area contributed by atoms with Crippen molar-refractivity contribution in [2.75, 3.05) is 13.7 Å². The Bertz CT molecular complexity index is 1060. The quantitative estimate of drug-likeness (QED) is 0.525. The number of hydrogen-bond acceptors (Lipinski definition) is 5. The van der Waals surface area contributed by atoms with Crippen molar-refractivity contribution in [3.8, 4) is 11.5 Å². The summed E-state index contributed by atoms with van der Waals surface area (Å²) in [6.07, 6.45) is 4.78. The van der Waals surface area contributed by atoms with E-state index in [0.29, 0.717) is 28.7 Å². The van der Waals surface area contributed by atoms with E-state index in [2.05, 4.69) is 10.0 Å². The Morgan fingerprint density at radius 1 is 1.23 bits per heavy atom. The maximum Gasteiger partial charge on any atom is 0.244 e. The first-order valence-corrected chi connectivity index (χ1v) is 11.8. The number of nitrogens with one attached hydrogen (secondary N) is 2. The summed E-state index contributed by atoms with van der Waals surface area (Å²) in [6, 6.07) is 9.92. The molecule has 2 aromatic carbocycles. The maximum absolute atomic E-state index is 12.2. The molecule has 3 rings (SSSR count). The standard InChI is InChI=1S/C22H25ClN2O5S/c1-3-30-22-19(23)12-16(13-20(22)29-2)6-11-21(26)24-14-15-4-9-18(10-5-15)31(27,28)25-17-7-8-17/h4-6,9-13,17,25H,3,7-8,14H2,1-2H3,(H,24,26). The highest BCUT2D eigenvalue weighted by Gasteiger charge is 2.27. The van der Waals surface area contributed by atoms with E-state index in [1.807, 2.05) is 6.92 Å². The molecular formula is C22H25ClN2O5S. The van der Waals surface area contributed by atoms with E-state index in [1.54, 1.807) is 30.3 Å². The van der Waals surface area contributed by atoms with Crippen LogP contribution in [0.1, 0.15) is 30.9 Å². The molecule has 1 aliphatic rings. The molecule has 0 aliphatic heterocycles. The second-order valence-electron chi connectivity index (χ2n) is 7.06. The number of halogens is 1. The van der Waals surface area contributed by atoms with Crippen molar-refractivity contribution in [2.24, 2.45) is 0 Å². The van der Waals surface area contributed by atoms with E-state index >= 15 is 0 Å². The summed E-state index contributed by atoms with van der Waals surface area (Å²) >= 11 is 6.24. The first-order valence-electron chi connectivity index (χ1n) is 9.90. The zero-order chi connectivity index (χ0) is 22.4. The van der Waals surface area contributed by atoms with Gasteiger partial charge in [0.1, 0.15) is 0 Å². The molecule has 0 aromatic heterocycles. The van der Waals surface area contributed by atoms with E-state index in [4.69, 9.17) is 21.1 Å². The molecule has 2 N–H and O–H groups in total. The van der Waals surface area contributed by atoms with Crippen molar-refractivity contribution >= 4 is 33.6 Å². The molecule has 7 nitrogen and oxygen atoms in total. The van der Waals surface area contributed by atoms with Crippen LogP contribution >= 0.6 is 11.6 Å². The molecule has 31 heavy (non-hydrogen) atoms. The van der Waals surface area contributed by atoms with Crippen molar-refractivity contribution in [1.82, 2.24) is 10.0 Å². The van der Waals surface area contributed by atoms with Gasteiger partial charge in [0.15, 0.2) is 11.5 Å². The lowest BCUT2D eigenvalue weighted by atomic mass is 10.2. The van der Waals surface area contributed by atoms with Gasteiger partial charge in [0.05, 0.1) is 23.6 Å². The van der Waals surface area contributed by atoms with Gasteiger partial charge in [0.25, 0.3) is 0 Å². The Labute approximate surface area is 187 Å². The van der Waals surface area contributed by atoms with E-state index in [0.717, 1.165) is 18.4 Å². The van der Waals surface area contributed by atoms with Crippen LogP contribution in [-0.2, 0) is 21.4 Å². The summed E-state index contributed by atoms with van der Waals surface area (Å²) in [5, 5.41) is 3.16. The van der Waals surface area contributed by atoms with Gasteiger partial charge in [0, 0.05) is 18.7 Å². The monoisotopic (exact) mass is 464 g/mol. The van der Waals surface area contributed by atoms with Gasteiger partial charge in [-0.3, -0.25) is 4.79 Å². The number of methoxy groups -OCH3 is 1. The van der Waals surface area contributed by atoms with Gasteiger partial charge in [-0.25, -0.2) is 13.1 Å². The Kier molecular flexibility index (Phi) is 7.59. The molecule has 1 fully saturated rings. The number of benzene rings is 2. The van der Waals surface area contributed by atoms with Crippen molar-refractivity contribution in [1.29, 1.82) is 0 Å². The number of sulfonamides is 1. The molecule has 0 heterocycles. The Morgan fingerprint density at radius 2 is 1.94 bits per heavy atom. The lowest BCUT2D eigenvalue weighted by Crippen LogP contribution is -2.25. The number of carbonyl (C=O) groups excluding carboxylic acids is 1. The van der Waals surface area contributed by atoms with Gasteiger partial charge in [-0.1, -0.05) is 23.7 Å². The summed E-state index contributed by atoms with van der Waals surface area (Å²) in [5.41, 5.74) is 1.48. The molecule has 9 heteroatoms. The van der Waals surface area contributed by atoms with E-state index < -0.39 is 10.0 Å². The Hall–Kier alpha value is -2.55. The molecular weight excluding hydrogens is 440 g/mol. The number of amides is 1. The minimum absolute atomic E-state index is 0.0565. The zero-order valence-corrected chi connectivity index (χ0v) is 18.9. The summed E-state index contributed by atoms with van der Waals surface area (Å²) in [5.74, 6) is 0.655. The van der Waals surface area contributed by atoms with E-state index in [9.17, 15) is 13.2 Å². The van der Waals surface area contributed by atoms with Gasteiger partial charge in [-0.2, -0.15) is 0 Å². The average Bonchev–Trinajstić information content (AvgIpc) is 3.56. The first-order chi connectivity index (χ1) is 14.8. The highest BCUT2D eigenvalue weighted by atomic mass is 35.5. The van der Waals surface area contributed by atoms with Gasteiger partial charge < -0.3 is 14.8 Å². The molecule has 0 radical (unpaired) electrons. The van der Waals surface area contributed by atoms with Crippen LogP contribution in [0.4, 0.5) is 0 Å². The number of carbonyl (C=O) groups is 1. The minimum atomic E-state index is -3.48. The summed E-state index contributed by atoms with van der Waals surface area (Å²) in [4.78, 5) is 12.4. The molecule has 0 unspecified atom stereocenters. The number of hydrogen-bond donors (Lipinski definition) is 2. The van der Waals surface area contributed by atoms with Crippen LogP contribution in [0, 0.1) is 0 Å². The fraction of sp³-hybridized carbons (Fsp3) is 0.318. The fourth-order valence-electron chi connectivity index (χ4n) is 2.82. The van der Waals surface area contributed by atoms with Crippen LogP contribution in [0.15, 0.2) is 47.4 Å². The predicted octanol–water partition coefficient (Wildman–Crippen LogP) is 3.52. The highest BCUT2D eigenvalue weighted by Crippen LogP contribution is 2.36. The third-order valence-corrected chi connectivity index (χ3v) is 6.38. The van der Waals surface area contributed by atoms with Gasteiger partial charge in [-0.15, -0.1) is 0 Å². The predicted molar refractivity (Wildman–Crippen MR) is 120 cm³/mol. The van der Waals surface area contributed by atoms with Crippen LogP contribution in [-0.4, -0.2) is 34.1 Å². The molecule has 0 atom stereocenters. The van der Waals surface area contributed by atoms with Gasteiger partial charge in [-0.05, 0) is 61.2 Å².